The van der Waals surface area contributed by atoms with Crippen LogP contribution in [0.25, 0.3) is 0 Å². The van der Waals surface area contributed by atoms with Crippen molar-refractivity contribution < 1.29 is 45.6 Å². The number of carboxylic acids is 1. The fourth-order valence-electron chi connectivity index (χ4n) is 2.67. The third-order valence-corrected chi connectivity index (χ3v) is 5.63. The topological polar surface area (TPSA) is 80.7 Å². The van der Waals surface area contributed by atoms with Crippen molar-refractivity contribution >= 4 is 34.4 Å². The summed E-state index contributed by atoms with van der Waals surface area (Å²) in [5.74, 6) is -25.2. The highest BCUT2D eigenvalue weighted by Crippen LogP contribution is 2.50. The van der Waals surface area contributed by atoms with E-state index >= 15 is 0 Å². The molecule has 5 nitrogen and oxygen atoms in total. The average Bonchev–Trinajstić information content (AvgIpc) is 2.67. The van der Waals surface area contributed by atoms with Gasteiger partial charge in [-0.3, -0.25) is 9.69 Å². The van der Waals surface area contributed by atoms with Crippen molar-refractivity contribution in [2.24, 2.45) is 0 Å². The molecule has 1 aliphatic heterocycles. The largest absolute Gasteiger partial charge is 0.606 e. The first kappa shape index (κ1) is 21.0. The van der Waals surface area contributed by atoms with Crippen LogP contribution in [0.2, 0.25) is 0 Å². The number of benzene rings is 2. The smallest absolute Gasteiger partial charge is 0.411 e. The summed E-state index contributed by atoms with van der Waals surface area (Å²) in [5.41, 5.74) is -0.965. The molecule has 0 spiro atoms. The lowest BCUT2D eigenvalue weighted by atomic mass is 10.0. The summed E-state index contributed by atoms with van der Waals surface area (Å²) < 4.78 is 95.8. The Morgan fingerprint density at radius 2 is 1.24 bits per heavy atom. The quantitative estimate of drug-likeness (QED) is 0.583. The Balaban J connectivity index is 2.20. The van der Waals surface area contributed by atoms with Crippen LogP contribution in [0.5, 0.6) is 0 Å². The highest BCUT2D eigenvalue weighted by Gasteiger charge is 2.79. The van der Waals surface area contributed by atoms with Crippen molar-refractivity contribution in [1.82, 2.24) is 0 Å². The first-order chi connectivity index (χ1) is 13.4. The Morgan fingerprint density at radius 1 is 0.828 bits per heavy atom. The van der Waals surface area contributed by atoms with Gasteiger partial charge in [-0.2, -0.15) is 26.3 Å². The van der Waals surface area contributed by atoms with E-state index in [4.69, 9.17) is 5.11 Å². The van der Waals surface area contributed by atoms with Gasteiger partial charge in [0.25, 0.3) is 0 Å². The number of carbonyl (C=O) groups is 2. The molecule has 154 valence electrons. The van der Waals surface area contributed by atoms with Gasteiger partial charge < -0.3 is 9.66 Å². The lowest BCUT2D eigenvalue weighted by Gasteiger charge is -2.36. The van der Waals surface area contributed by atoms with Gasteiger partial charge in [-0.05, 0) is 24.3 Å². The van der Waals surface area contributed by atoms with Crippen LogP contribution in [-0.4, -0.2) is 39.3 Å². The van der Waals surface area contributed by atoms with Crippen molar-refractivity contribution in [3.05, 3.63) is 48.5 Å². The summed E-state index contributed by atoms with van der Waals surface area (Å²) >= 11 is -1.97. The van der Waals surface area contributed by atoms with Crippen molar-refractivity contribution in [3.63, 3.8) is 0 Å². The van der Waals surface area contributed by atoms with Gasteiger partial charge in [0.2, 0.25) is 0 Å². The van der Waals surface area contributed by atoms with E-state index in [0.717, 1.165) is 12.1 Å². The second-order valence-electron chi connectivity index (χ2n) is 5.87. The standard InChI is InChI=1S/C17H9F6NO4S/c18-15(19,17(22,23)16(20,21)14(26)27)13(25)24-9-5-1-3-7-11(9)29(28)12-8-4-2-6-10(12)24/h1-8H,(H,26,27). The normalized spacial score (nSPS) is 14.9. The molecular weight excluding hydrogens is 428 g/mol. The zero-order valence-electron chi connectivity index (χ0n) is 13.9. The Morgan fingerprint density at radius 3 is 1.66 bits per heavy atom. The summed E-state index contributed by atoms with van der Waals surface area (Å²) in [6.45, 7) is 0. The number of para-hydroxylation sites is 2. The van der Waals surface area contributed by atoms with E-state index in [9.17, 15) is 40.5 Å². The van der Waals surface area contributed by atoms with Gasteiger partial charge in [-0.15, -0.1) is 0 Å². The van der Waals surface area contributed by atoms with Gasteiger partial charge in [0.05, 0.1) is 0 Å². The number of amides is 1. The zero-order chi connectivity index (χ0) is 21.8. The van der Waals surface area contributed by atoms with E-state index in [0.29, 0.717) is 0 Å². The molecule has 1 heterocycles. The molecule has 0 aliphatic carbocycles. The monoisotopic (exact) mass is 437 g/mol. The molecule has 0 unspecified atom stereocenters. The Bertz CT molecular complexity index is 952. The number of halogens is 6. The molecule has 1 aliphatic rings. The molecule has 1 amide bonds. The van der Waals surface area contributed by atoms with Crippen LogP contribution in [0, 0.1) is 0 Å². The molecule has 29 heavy (non-hydrogen) atoms. The SMILES string of the molecule is O=C(O)C(F)(F)C(F)(F)C(F)(F)C(=O)N1c2ccccc2[S+]([O-])c2ccccc21. The molecule has 0 saturated heterocycles. The first-order valence-corrected chi connectivity index (χ1v) is 8.82. The molecule has 2 aromatic carbocycles. The summed E-state index contributed by atoms with van der Waals surface area (Å²) in [6.07, 6.45) is 0. The predicted octanol–water partition coefficient (Wildman–Crippen LogP) is 3.82. The summed E-state index contributed by atoms with van der Waals surface area (Å²) in [7, 11) is 0. The van der Waals surface area contributed by atoms with Crippen LogP contribution in [0.15, 0.2) is 58.3 Å². The Labute approximate surface area is 161 Å². The number of nitrogens with zero attached hydrogens (tertiary/aromatic N) is 1. The van der Waals surface area contributed by atoms with Gasteiger partial charge in [0.1, 0.15) is 11.4 Å². The first-order valence-electron chi connectivity index (χ1n) is 7.67. The fraction of sp³-hybridized carbons (Fsp3) is 0.176. The van der Waals surface area contributed by atoms with E-state index in [1.165, 1.54) is 36.4 Å². The number of hydrogen-bond donors (Lipinski definition) is 1. The van der Waals surface area contributed by atoms with E-state index in [1.54, 1.807) is 0 Å². The Kier molecular flexibility index (Phi) is 4.82. The van der Waals surface area contributed by atoms with Crippen LogP contribution in [0.3, 0.4) is 0 Å². The van der Waals surface area contributed by atoms with E-state index in [1.807, 2.05) is 0 Å². The average molecular weight is 437 g/mol. The Hall–Kier alpha value is -2.73. The van der Waals surface area contributed by atoms with Crippen molar-refractivity contribution in [3.8, 4) is 0 Å². The molecule has 12 heteroatoms. The number of rotatable bonds is 4. The number of aliphatic carboxylic acids is 1. The predicted molar refractivity (Wildman–Crippen MR) is 87.2 cm³/mol. The second kappa shape index (κ2) is 6.66. The number of fused-ring (bicyclic) bond motifs is 2. The van der Waals surface area contributed by atoms with Gasteiger partial charge >= 0.3 is 29.6 Å². The van der Waals surface area contributed by atoms with Crippen molar-refractivity contribution in [2.75, 3.05) is 4.90 Å². The summed E-state index contributed by atoms with van der Waals surface area (Å²) in [5, 5.41) is 8.25. The van der Waals surface area contributed by atoms with Crippen LogP contribution in [-0.2, 0) is 20.8 Å². The lowest BCUT2D eigenvalue weighted by Crippen LogP contribution is -2.63. The van der Waals surface area contributed by atoms with Gasteiger partial charge in [0.15, 0.2) is 9.79 Å². The van der Waals surface area contributed by atoms with Crippen LogP contribution >= 0.6 is 0 Å². The van der Waals surface area contributed by atoms with Gasteiger partial charge in [-0.1, -0.05) is 24.3 Å². The lowest BCUT2D eigenvalue weighted by molar-refractivity contribution is -0.291. The van der Waals surface area contributed by atoms with Gasteiger partial charge in [0, 0.05) is 11.2 Å². The molecule has 0 saturated carbocycles. The number of carbonyl (C=O) groups excluding carboxylic acids is 1. The number of hydrogen-bond acceptors (Lipinski definition) is 3. The molecule has 0 atom stereocenters. The van der Waals surface area contributed by atoms with Gasteiger partial charge in [-0.25, -0.2) is 4.79 Å². The molecule has 0 radical (unpaired) electrons. The number of carboxylic acid groups (broad SMARTS) is 1. The zero-order valence-corrected chi connectivity index (χ0v) is 14.7. The molecule has 3 rings (SSSR count). The third-order valence-electron chi connectivity index (χ3n) is 4.14. The number of anilines is 2. The van der Waals surface area contributed by atoms with E-state index in [2.05, 4.69) is 0 Å². The maximum absolute atomic E-state index is 14.4. The van der Waals surface area contributed by atoms with Crippen molar-refractivity contribution in [1.29, 1.82) is 0 Å². The van der Waals surface area contributed by atoms with Crippen molar-refractivity contribution in [2.45, 2.75) is 27.6 Å². The molecule has 0 fully saturated rings. The summed E-state index contributed by atoms with van der Waals surface area (Å²) in [6, 6.07) is 9.55. The maximum Gasteiger partial charge on any atom is 0.411 e. The highest BCUT2D eigenvalue weighted by molar-refractivity contribution is 7.92. The minimum Gasteiger partial charge on any atom is -0.606 e. The molecule has 0 aromatic heterocycles. The molecule has 1 N–H and O–H groups in total. The van der Waals surface area contributed by atoms with E-state index < -0.39 is 52.2 Å². The van der Waals surface area contributed by atoms with Crippen LogP contribution < -0.4 is 4.90 Å². The highest BCUT2D eigenvalue weighted by atomic mass is 32.2. The minimum atomic E-state index is -6.55. The molecule has 2 aromatic rings. The summed E-state index contributed by atoms with van der Waals surface area (Å²) in [4.78, 5) is 22.5. The fourth-order valence-corrected chi connectivity index (χ4v) is 4.01. The second-order valence-corrected chi connectivity index (χ2v) is 7.29. The van der Waals surface area contributed by atoms with Crippen LogP contribution in [0.4, 0.5) is 37.7 Å². The molecular formula is C17H9F6NO4S. The van der Waals surface area contributed by atoms with E-state index in [-0.39, 0.29) is 14.7 Å². The maximum atomic E-state index is 14.4. The minimum absolute atomic E-state index is 0.0396. The number of alkyl halides is 6. The van der Waals surface area contributed by atoms with Crippen LogP contribution in [0.1, 0.15) is 0 Å². The molecule has 0 bridgehead atoms. The third kappa shape index (κ3) is 2.85.